The molecular formula is C19H21ClN2O3. The van der Waals surface area contributed by atoms with Gasteiger partial charge in [-0.05, 0) is 47.7 Å². The van der Waals surface area contributed by atoms with E-state index in [4.69, 9.17) is 11.6 Å². The second-order valence-electron chi connectivity index (χ2n) is 6.43. The van der Waals surface area contributed by atoms with Gasteiger partial charge in [0.15, 0.2) is 0 Å². The van der Waals surface area contributed by atoms with Gasteiger partial charge < -0.3 is 14.9 Å². The zero-order chi connectivity index (χ0) is 18.0. The number of halogens is 1. The minimum Gasteiger partial charge on any atom is -0.465 e. The summed E-state index contributed by atoms with van der Waals surface area (Å²) < 4.78 is 0. The number of rotatable bonds is 3. The molecule has 2 amide bonds. The van der Waals surface area contributed by atoms with Gasteiger partial charge in [-0.3, -0.25) is 4.79 Å². The number of carboxylic acid groups (broad SMARTS) is 1. The fourth-order valence-electron chi connectivity index (χ4n) is 3.73. The van der Waals surface area contributed by atoms with Crippen LogP contribution in [0.15, 0.2) is 42.5 Å². The van der Waals surface area contributed by atoms with Crippen molar-refractivity contribution >= 4 is 33.8 Å². The van der Waals surface area contributed by atoms with Crippen LogP contribution in [0.3, 0.4) is 0 Å². The first kappa shape index (κ1) is 17.5. The maximum Gasteiger partial charge on any atom is 0.407 e. The van der Waals surface area contributed by atoms with Crippen molar-refractivity contribution < 1.29 is 14.7 Å². The van der Waals surface area contributed by atoms with E-state index in [0.29, 0.717) is 13.1 Å². The van der Waals surface area contributed by atoms with E-state index in [-0.39, 0.29) is 12.1 Å². The maximum atomic E-state index is 12.2. The lowest BCUT2D eigenvalue weighted by molar-refractivity contribution is 0.0895. The average Bonchev–Trinajstić information content (AvgIpc) is 2.61. The highest BCUT2D eigenvalue weighted by Gasteiger charge is 2.33. The maximum absolute atomic E-state index is 12.2. The van der Waals surface area contributed by atoms with Crippen molar-refractivity contribution in [1.29, 1.82) is 0 Å². The molecule has 0 aliphatic carbocycles. The average molecular weight is 361 g/mol. The minimum absolute atomic E-state index is 0.219. The highest BCUT2D eigenvalue weighted by molar-refractivity contribution is 6.62. The van der Waals surface area contributed by atoms with Crippen LogP contribution in [-0.4, -0.2) is 45.5 Å². The van der Waals surface area contributed by atoms with Crippen LogP contribution >= 0.6 is 11.6 Å². The topological polar surface area (TPSA) is 60.9 Å². The van der Waals surface area contributed by atoms with Crippen molar-refractivity contribution in [2.24, 2.45) is 0 Å². The summed E-state index contributed by atoms with van der Waals surface area (Å²) in [7, 11) is 0. The number of nitrogens with zero attached hydrogens (tertiary/aromatic N) is 2. The number of benzene rings is 2. The van der Waals surface area contributed by atoms with Crippen molar-refractivity contribution in [3.63, 3.8) is 0 Å². The van der Waals surface area contributed by atoms with Gasteiger partial charge in [-0.25, -0.2) is 4.79 Å². The molecule has 2 aromatic carbocycles. The molecule has 3 rings (SSSR count). The van der Waals surface area contributed by atoms with E-state index in [2.05, 4.69) is 0 Å². The Balaban J connectivity index is 1.94. The zero-order valence-corrected chi connectivity index (χ0v) is 14.8. The standard InChI is InChI=1S/C19H21ClN2O3/c1-13(16-10-4-7-14-6-2-3-9-17(14)16)22(18(20)23)15-8-5-11-21(12-15)19(24)25/h2-4,6-7,9-10,13,15H,5,8,11-12H2,1H3,(H,24,25)/t13-,15+/m1/s1. The molecule has 5 nitrogen and oxygen atoms in total. The molecule has 25 heavy (non-hydrogen) atoms. The van der Waals surface area contributed by atoms with Crippen molar-refractivity contribution in [2.75, 3.05) is 13.1 Å². The fraction of sp³-hybridized carbons (Fsp3) is 0.368. The quantitative estimate of drug-likeness (QED) is 0.637. The molecule has 0 bridgehead atoms. The van der Waals surface area contributed by atoms with E-state index < -0.39 is 11.5 Å². The third-order valence-corrected chi connectivity index (χ3v) is 5.15. The van der Waals surface area contributed by atoms with Crippen molar-refractivity contribution in [3.8, 4) is 0 Å². The van der Waals surface area contributed by atoms with Gasteiger partial charge in [-0.2, -0.15) is 0 Å². The normalized spacial score (nSPS) is 18.8. The largest absolute Gasteiger partial charge is 0.465 e. The number of likely N-dealkylation sites (tertiary alicyclic amines) is 1. The first-order valence-electron chi connectivity index (χ1n) is 8.42. The predicted molar refractivity (Wildman–Crippen MR) is 98.1 cm³/mol. The predicted octanol–water partition coefficient (Wildman–Crippen LogP) is 4.70. The first-order chi connectivity index (χ1) is 12.0. The second kappa shape index (κ2) is 7.31. The Bertz CT molecular complexity index is 790. The van der Waals surface area contributed by atoms with Crippen molar-refractivity contribution in [1.82, 2.24) is 9.80 Å². The summed E-state index contributed by atoms with van der Waals surface area (Å²) in [6.07, 6.45) is 0.515. The fourth-order valence-corrected chi connectivity index (χ4v) is 4.02. The number of hydrogen-bond donors (Lipinski definition) is 1. The molecule has 2 atom stereocenters. The highest BCUT2D eigenvalue weighted by Crippen LogP contribution is 2.32. The number of hydrogen-bond acceptors (Lipinski definition) is 2. The van der Waals surface area contributed by atoms with E-state index in [0.717, 1.165) is 29.2 Å². The molecule has 2 aromatic rings. The van der Waals surface area contributed by atoms with Crippen LogP contribution in [0.2, 0.25) is 0 Å². The minimum atomic E-state index is -0.954. The van der Waals surface area contributed by atoms with E-state index in [1.165, 1.54) is 4.90 Å². The molecule has 1 saturated heterocycles. The summed E-state index contributed by atoms with van der Waals surface area (Å²) in [5.41, 5.74) is 1.01. The molecule has 6 heteroatoms. The van der Waals surface area contributed by atoms with Crippen molar-refractivity contribution in [3.05, 3.63) is 48.0 Å². The molecule has 0 saturated carbocycles. The molecule has 1 aliphatic rings. The number of fused-ring (bicyclic) bond motifs is 1. The molecule has 1 heterocycles. The van der Waals surface area contributed by atoms with Gasteiger partial charge in [-0.1, -0.05) is 42.5 Å². The number of amides is 2. The summed E-state index contributed by atoms with van der Waals surface area (Å²) in [6.45, 7) is 2.74. The molecule has 0 aromatic heterocycles. The Morgan fingerprint density at radius 1 is 1.24 bits per heavy atom. The number of piperidine rings is 1. The molecular weight excluding hydrogens is 340 g/mol. The first-order valence-corrected chi connectivity index (χ1v) is 8.80. The van der Waals surface area contributed by atoms with Crippen molar-refractivity contribution in [2.45, 2.75) is 31.8 Å². The molecule has 0 spiro atoms. The summed E-state index contributed by atoms with van der Waals surface area (Å²) >= 11 is 5.92. The van der Waals surface area contributed by atoms with E-state index in [1.807, 2.05) is 49.4 Å². The summed E-state index contributed by atoms with van der Waals surface area (Å²) in [5.74, 6) is 0. The smallest absolute Gasteiger partial charge is 0.407 e. The van der Waals surface area contributed by atoms with Gasteiger partial charge in [0.25, 0.3) is 0 Å². The molecule has 0 unspecified atom stereocenters. The SMILES string of the molecule is C[C@H](c1cccc2ccccc12)N(C(=O)Cl)[C@H]1CCCN(C(=O)O)C1. The van der Waals surface area contributed by atoms with E-state index >= 15 is 0 Å². The van der Waals surface area contributed by atoms with Crippen LogP contribution in [0.4, 0.5) is 9.59 Å². The lowest BCUT2D eigenvalue weighted by Gasteiger charge is -2.40. The van der Waals surface area contributed by atoms with Gasteiger partial charge in [-0.15, -0.1) is 0 Å². The van der Waals surface area contributed by atoms with Gasteiger partial charge in [0, 0.05) is 13.1 Å². The number of carbonyl (C=O) groups excluding carboxylic acids is 1. The Labute approximate surface area is 151 Å². The Morgan fingerprint density at radius 3 is 2.68 bits per heavy atom. The van der Waals surface area contributed by atoms with Gasteiger partial charge in [0.1, 0.15) is 0 Å². The summed E-state index contributed by atoms with van der Waals surface area (Å²) in [6, 6.07) is 13.6. The highest BCUT2D eigenvalue weighted by atomic mass is 35.5. The second-order valence-corrected chi connectivity index (χ2v) is 6.75. The third kappa shape index (κ3) is 3.56. The van der Waals surface area contributed by atoms with Gasteiger partial charge >= 0.3 is 11.5 Å². The van der Waals surface area contributed by atoms with Gasteiger partial charge in [0.2, 0.25) is 0 Å². The van der Waals surface area contributed by atoms with Crippen LogP contribution in [-0.2, 0) is 0 Å². The zero-order valence-electron chi connectivity index (χ0n) is 14.1. The molecule has 132 valence electrons. The Hall–Kier alpha value is -2.27. The lowest BCUT2D eigenvalue weighted by atomic mass is 9.96. The molecule has 1 aliphatic heterocycles. The summed E-state index contributed by atoms with van der Waals surface area (Å²) in [5, 5.41) is 10.9. The third-order valence-electron chi connectivity index (χ3n) is 4.95. The Kier molecular flexibility index (Phi) is 5.13. The summed E-state index contributed by atoms with van der Waals surface area (Å²) in [4.78, 5) is 26.5. The van der Waals surface area contributed by atoms with Gasteiger partial charge in [0.05, 0.1) is 12.1 Å². The molecule has 1 N–H and O–H groups in total. The Morgan fingerprint density at radius 2 is 1.96 bits per heavy atom. The van der Waals surface area contributed by atoms with Crippen LogP contribution in [0, 0.1) is 0 Å². The van der Waals surface area contributed by atoms with E-state index in [9.17, 15) is 14.7 Å². The monoisotopic (exact) mass is 360 g/mol. The van der Waals surface area contributed by atoms with Crippen LogP contribution < -0.4 is 0 Å². The van der Waals surface area contributed by atoms with Crippen LogP contribution in [0.5, 0.6) is 0 Å². The number of carbonyl (C=O) groups is 2. The molecule has 0 radical (unpaired) electrons. The molecule has 1 fully saturated rings. The lowest BCUT2D eigenvalue weighted by Crippen LogP contribution is -2.51. The van der Waals surface area contributed by atoms with Crippen LogP contribution in [0.1, 0.15) is 31.4 Å². The van der Waals surface area contributed by atoms with E-state index in [1.54, 1.807) is 4.90 Å². The van der Waals surface area contributed by atoms with Crippen LogP contribution in [0.25, 0.3) is 10.8 Å².